The first kappa shape index (κ1) is 14.9. The Morgan fingerprint density at radius 2 is 1.72 bits per heavy atom. The van der Waals surface area contributed by atoms with Gasteiger partial charge in [-0.05, 0) is 24.8 Å². The molecule has 0 saturated heterocycles. The average Bonchev–Trinajstić information content (AvgIpc) is 2.40. The van der Waals surface area contributed by atoms with Gasteiger partial charge >= 0.3 is 0 Å². The molecule has 0 heterocycles. The van der Waals surface area contributed by atoms with Gasteiger partial charge in [-0.25, -0.2) is 0 Å². The third-order valence-electron chi connectivity index (χ3n) is 3.55. The molecule has 1 unspecified atom stereocenters. The molecule has 0 amide bonds. The maximum atomic E-state index is 12.4. The maximum Gasteiger partial charge on any atom is 0.165 e. The largest absolute Gasteiger partial charge is 0.294 e. The Labute approximate surface area is 112 Å². The van der Waals surface area contributed by atoms with E-state index < -0.39 is 0 Å². The quantitative estimate of drug-likeness (QED) is 0.587. The number of aryl methyl sites for hydroxylation is 1. The molecule has 0 radical (unpaired) electrons. The fourth-order valence-corrected chi connectivity index (χ4v) is 2.33. The third kappa shape index (κ3) is 4.29. The van der Waals surface area contributed by atoms with Crippen LogP contribution in [0.3, 0.4) is 0 Å². The van der Waals surface area contributed by atoms with Crippen molar-refractivity contribution in [2.45, 2.75) is 59.3 Å². The normalized spacial score (nSPS) is 12.4. The van der Waals surface area contributed by atoms with E-state index in [2.05, 4.69) is 32.9 Å². The number of carbonyl (C=O) groups is 1. The average molecular weight is 246 g/mol. The molecule has 0 N–H and O–H groups in total. The van der Waals surface area contributed by atoms with Crippen molar-refractivity contribution in [2.24, 2.45) is 5.92 Å². The summed E-state index contributed by atoms with van der Waals surface area (Å²) in [5, 5.41) is 0. The molecule has 0 aliphatic rings. The van der Waals surface area contributed by atoms with Gasteiger partial charge in [0.15, 0.2) is 5.78 Å². The number of hydrogen-bond acceptors (Lipinski definition) is 1. The van der Waals surface area contributed by atoms with E-state index in [0.29, 0.717) is 5.78 Å². The lowest BCUT2D eigenvalue weighted by atomic mass is 9.90. The lowest BCUT2D eigenvalue weighted by Crippen LogP contribution is -2.14. The minimum atomic E-state index is 0.210. The van der Waals surface area contributed by atoms with Crippen LogP contribution in [0.15, 0.2) is 24.3 Å². The molecule has 1 atom stereocenters. The van der Waals surface area contributed by atoms with Crippen LogP contribution in [0.1, 0.15) is 68.8 Å². The van der Waals surface area contributed by atoms with Gasteiger partial charge in [-0.15, -0.1) is 0 Å². The predicted octanol–water partition coefficient (Wildman–Crippen LogP) is 5.04. The van der Waals surface area contributed by atoms with Crippen LogP contribution in [-0.2, 0) is 6.42 Å². The zero-order valence-corrected chi connectivity index (χ0v) is 12.0. The molecule has 1 aromatic carbocycles. The van der Waals surface area contributed by atoms with Gasteiger partial charge in [0.2, 0.25) is 0 Å². The SMILES string of the molecule is CCCCC(CC)C(=O)c1ccc(CCC)cc1. The second kappa shape index (κ2) is 8.07. The number of benzene rings is 1. The smallest absolute Gasteiger partial charge is 0.165 e. The lowest BCUT2D eigenvalue weighted by Gasteiger charge is -2.13. The molecule has 18 heavy (non-hydrogen) atoms. The Bertz CT molecular complexity index is 350. The van der Waals surface area contributed by atoms with Gasteiger partial charge in [-0.3, -0.25) is 4.79 Å². The highest BCUT2D eigenvalue weighted by Crippen LogP contribution is 2.19. The van der Waals surface area contributed by atoms with Crippen LogP contribution in [0.5, 0.6) is 0 Å². The first-order valence-electron chi connectivity index (χ1n) is 7.36. The predicted molar refractivity (Wildman–Crippen MR) is 78.1 cm³/mol. The minimum Gasteiger partial charge on any atom is -0.294 e. The molecule has 1 rings (SSSR count). The van der Waals surface area contributed by atoms with Crippen LogP contribution >= 0.6 is 0 Å². The monoisotopic (exact) mass is 246 g/mol. The first-order chi connectivity index (χ1) is 8.72. The summed E-state index contributed by atoms with van der Waals surface area (Å²) in [7, 11) is 0. The van der Waals surface area contributed by atoms with E-state index in [1.165, 1.54) is 12.0 Å². The van der Waals surface area contributed by atoms with Crippen molar-refractivity contribution in [1.29, 1.82) is 0 Å². The second-order valence-corrected chi connectivity index (χ2v) is 5.06. The van der Waals surface area contributed by atoms with Crippen LogP contribution < -0.4 is 0 Å². The van der Waals surface area contributed by atoms with Crippen molar-refractivity contribution < 1.29 is 4.79 Å². The highest BCUT2D eigenvalue weighted by molar-refractivity contribution is 5.97. The number of ketones is 1. The first-order valence-corrected chi connectivity index (χ1v) is 7.36. The molecule has 0 spiro atoms. The van der Waals surface area contributed by atoms with Crippen molar-refractivity contribution in [1.82, 2.24) is 0 Å². The number of rotatable bonds is 8. The van der Waals surface area contributed by atoms with Gasteiger partial charge in [0, 0.05) is 11.5 Å². The molecule has 1 heteroatoms. The summed E-state index contributed by atoms with van der Waals surface area (Å²) in [6.07, 6.45) is 6.55. The summed E-state index contributed by atoms with van der Waals surface area (Å²) in [6.45, 7) is 6.47. The van der Waals surface area contributed by atoms with Gasteiger partial charge in [0.25, 0.3) is 0 Å². The van der Waals surface area contributed by atoms with E-state index >= 15 is 0 Å². The van der Waals surface area contributed by atoms with Gasteiger partial charge in [0.1, 0.15) is 0 Å². The van der Waals surface area contributed by atoms with Crippen molar-refractivity contribution in [3.05, 3.63) is 35.4 Å². The van der Waals surface area contributed by atoms with Gasteiger partial charge in [-0.1, -0.05) is 64.3 Å². The van der Waals surface area contributed by atoms with Crippen molar-refractivity contribution in [3.63, 3.8) is 0 Å². The van der Waals surface area contributed by atoms with Crippen LogP contribution in [0.2, 0.25) is 0 Å². The van der Waals surface area contributed by atoms with Gasteiger partial charge in [0.05, 0.1) is 0 Å². The van der Waals surface area contributed by atoms with Crippen molar-refractivity contribution >= 4 is 5.78 Å². The Balaban J connectivity index is 2.69. The van der Waals surface area contributed by atoms with Crippen LogP contribution in [0.4, 0.5) is 0 Å². The highest BCUT2D eigenvalue weighted by Gasteiger charge is 2.17. The topological polar surface area (TPSA) is 17.1 Å². The molecule has 0 aliphatic heterocycles. The lowest BCUT2D eigenvalue weighted by molar-refractivity contribution is 0.0908. The molecule has 1 nitrogen and oxygen atoms in total. The Morgan fingerprint density at radius 1 is 1.06 bits per heavy atom. The van der Waals surface area contributed by atoms with E-state index in [1.807, 2.05) is 12.1 Å². The van der Waals surface area contributed by atoms with Crippen molar-refractivity contribution in [2.75, 3.05) is 0 Å². The maximum absolute atomic E-state index is 12.4. The van der Waals surface area contributed by atoms with E-state index in [4.69, 9.17) is 0 Å². The Morgan fingerprint density at radius 3 is 2.22 bits per heavy atom. The standard InChI is InChI=1S/C17H26O/c1-4-7-9-15(6-3)17(18)16-12-10-14(8-5-2)11-13-16/h10-13,15H,4-9H2,1-3H3. The summed E-state index contributed by atoms with van der Waals surface area (Å²) in [4.78, 5) is 12.4. The number of hydrogen-bond donors (Lipinski definition) is 0. The Hall–Kier alpha value is -1.11. The molecule has 0 fully saturated rings. The summed E-state index contributed by atoms with van der Waals surface area (Å²) < 4.78 is 0. The van der Waals surface area contributed by atoms with E-state index in [-0.39, 0.29) is 5.92 Å². The molecule has 1 aromatic rings. The summed E-state index contributed by atoms with van der Waals surface area (Å²) >= 11 is 0. The highest BCUT2D eigenvalue weighted by atomic mass is 16.1. The third-order valence-corrected chi connectivity index (χ3v) is 3.55. The summed E-state index contributed by atoms with van der Waals surface area (Å²) in [6, 6.07) is 8.20. The fraction of sp³-hybridized carbons (Fsp3) is 0.588. The molecule has 0 bridgehead atoms. The van der Waals surface area contributed by atoms with E-state index in [0.717, 1.165) is 37.7 Å². The molecule has 0 saturated carbocycles. The fourth-order valence-electron chi connectivity index (χ4n) is 2.33. The molecular weight excluding hydrogens is 220 g/mol. The number of carbonyl (C=O) groups excluding carboxylic acids is 1. The zero-order chi connectivity index (χ0) is 13.4. The number of unbranched alkanes of at least 4 members (excludes halogenated alkanes) is 1. The zero-order valence-electron chi connectivity index (χ0n) is 12.0. The van der Waals surface area contributed by atoms with Crippen LogP contribution in [-0.4, -0.2) is 5.78 Å². The molecule has 0 aliphatic carbocycles. The summed E-state index contributed by atoms with van der Waals surface area (Å²) in [5.41, 5.74) is 2.22. The number of Topliss-reactive ketones (excluding diaryl/α,β-unsaturated/α-hetero) is 1. The van der Waals surface area contributed by atoms with Crippen molar-refractivity contribution in [3.8, 4) is 0 Å². The van der Waals surface area contributed by atoms with E-state index in [9.17, 15) is 4.79 Å². The Kier molecular flexibility index (Phi) is 6.70. The molecule has 0 aromatic heterocycles. The summed E-state index contributed by atoms with van der Waals surface area (Å²) in [5.74, 6) is 0.538. The van der Waals surface area contributed by atoms with Gasteiger partial charge in [-0.2, -0.15) is 0 Å². The second-order valence-electron chi connectivity index (χ2n) is 5.06. The molecule has 100 valence electrons. The van der Waals surface area contributed by atoms with Gasteiger partial charge < -0.3 is 0 Å². The molecular formula is C17H26O. The van der Waals surface area contributed by atoms with Crippen LogP contribution in [0.25, 0.3) is 0 Å². The van der Waals surface area contributed by atoms with E-state index in [1.54, 1.807) is 0 Å². The minimum absolute atomic E-state index is 0.210. The van der Waals surface area contributed by atoms with Crippen LogP contribution in [0, 0.1) is 5.92 Å².